The first-order valence-corrected chi connectivity index (χ1v) is 6.18. The van der Waals surface area contributed by atoms with Gasteiger partial charge in [-0.15, -0.1) is 0 Å². The highest BCUT2D eigenvalue weighted by atomic mass is 32.1. The number of hydrogen-bond acceptors (Lipinski definition) is 4. The molecule has 1 atom stereocenters. The minimum atomic E-state index is -0.367. The fraction of sp³-hybridized carbons (Fsp3) is 0.818. The average Bonchev–Trinajstić information content (AvgIpc) is 2.29. The molecule has 100 valence electrons. The number of amides is 1. The van der Waals surface area contributed by atoms with Crippen molar-refractivity contribution in [3.63, 3.8) is 0 Å². The molecule has 0 aromatic rings. The van der Waals surface area contributed by atoms with Crippen molar-refractivity contribution in [2.24, 2.45) is 11.7 Å². The van der Waals surface area contributed by atoms with Gasteiger partial charge in [0.25, 0.3) is 0 Å². The molecular weight excluding hydrogens is 240 g/mol. The molecule has 0 radical (unpaired) electrons. The van der Waals surface area contributed by atoms with Gasteiger partial charge in [-0.25, -0.2) is 0 Å². The van der Waals surface area contributed by atoms with Crippen LogP contribution in [0, 0.1) is 5.92 Å². The summed E-state index contributed by atoms with van der Waals surface area (Å²) in [5.74, 6) is -0.483. The Morgan fingerprint density at radius 2 is 2.12 bits per heavy atom. The van der Waals surface area contributed by atoms with Crippen molar-refractivity contribution in [3.05, 3.63) is 0 Å². The van der Waals surface area contributed by atoms with Crippen molar-refractivity contribution in [1.29, 1.82) is 0 Å². The molecule has 0 rings (SSSR count). The molecular formula is C11H22N2O3S. The Morgan fingerprint density at radius 3 is 2.65 bits per heavy atom. The second kappa shape index (κ2) is 10.4. The van der Waals surface area contributed by atoms with Crippen molar-refractivity contribution < 1.29 is 14.3 Å². The molecule has 0 bridgehead atoms. The van der Waals surface area contributed by atoms with Gasteiger partial charge in [-0.1, -0.05) is 25.6 Å². The number of nitrogens with two attached hydrogens (primary N) is 1. The van der Waals surface area contributed by atoms with Crippen molar-refractivity contribution in [1.82, 2.24) is 5.32 Å². The Morgan fingerprint density at radius 1 is 1.41 bits per heavy atom. The molecule has 5 nitrogen and oxygen atoms in total. The lowest BCUT2D eigenvalue weighted by atomic mass is 10.0. The molecule has 0 fully saturated rings. The van der Waals surface area contributed by atoms with Crippen LogP contribution in [0.25, 0.3) is 0 Å². The Hall–Kier alpha value is -0.720. The van der Waals surface area contributed by atoms with Crippen LogP contribution in [0.5, 0.6) is 0 Å². The number of nitrogens with one attached hydrogen (secondary N) is 1. The molecule has 3 N–H and O–H groups in total. The van der Waals surface area contributed by atoms with E-state index in [1.807, 2.05) is 6.92 Å². The molecule has 0 saturated carbocycles. The van der Waals surface area contributed by atoms with Gasteiger partial charge in [0.15, 0.2) is 0 Å². The first-order valence-electron chi connectivity index (χ1n) is 5.77. The van der Waals surface area contributed by atoms with E-state index in [4.69, 9.17) is 27.4 Å². The Labute approximate surface area is 108 Å². The lowest BCUT2D eigenvalue weighted by molar-refractivity contribution is -0.123. The van der Waals surface area contributed by atoms with E-state index in [1.54, 1.807) is 7.11 Å². The number of carbonyl (C=O) groups excluding carboxylic acids is 1. The molecule has 0 heterocycles. The lowest BCUT2D eigenvalue weighted by Crippen LogP contribution is -2.39. The van der Waals surface area contributed by atoms with Gasteiger partial charge in [0.1, 0.15) is 0 Å². The molecule has 0 aliphatic rings. The summed E-state index contributed by atoms with van der Waals surface area (Å²) in [6.07, 6.45) is 1.56. The zero-order valence-corrected chi connectivity index (χ0v) is 11.3. The summed E-state index contributed by atoms with van der Waals surface area (Å²) in [5.41, 5.74) is 5.52. The Balaban J connectivity index is 3.71. The molecule has 0 aliphatic heterocycles. The third-order valence-electron chi connectivity index (χ3n) is 2.21. The van der Waals surface area contributed by atoms with Crippen LogP contribution >= 0.6 is 12.2 Å². The fourth-order valence-corrected chi connectivity index (χ4v) is 1.53. The Bertz CT molecular complexity index is 237. The standard InChI is InChI=1S/C11H22N2O3S/c1-3-4-9(10(12)17)11(14)13-5-6-16-8-7-15-2/h9H,3-8H2,1-2H3,(H2,12,17)(H,13,14). The molecule has 6 heteroatoms. The van der Waals surface area contributed by atoms with Crippen molar-refractivity contribution >= 4 is 23.1 Å². The number of rotatable bonds is 10. The molecule has 0 spiro atoms. The van der Waals surface area contributed by atoms with Crippen LogP contribution in [0.2, 0.25) is 0 Å². The normalized spacial score (nSPS) is 12.1. The molecule has 0 saturated heterocycles. The maximum atomic E-state index is 11.7. The summed E-state index contributed by atoms with van der Waals surface area (Å²) >= 11 is 4.86. The van der Waals surface area contributed by atoms with E-state index in [0.717, 1.165) is 6.42 Å². The number of methoxy groups -OCH3 is 1. The highest BCUT2D eigenvalue weighted by Gasteiger charge is 2.19. The first-order chi connectivity index (χ1) is 8.13. The number of thiocarbonyl (C=S) groups is 1. The van der Waals surface area contributed by atoms with E-state index < -0.39 is 0 Å². The largest absolute Gasteiger partial charge is 0.393 e. The maximum Gasteiger partial charge on any atom is 0.230 e. The van der Waals surface area contributed by atoms with Gasteiger partial charge in [0.05, 0.1) is 30.7 Å². The van der Waals surface area contributed by atoms with Gasteiger partial charge in [-0.3, -0.25) is 4.79 Å². The van der Waals surface area contributed by atoms with Gasteiger partial charge >= 0.3 is 0 Å². The minimum absolute atomic E-state index is 0.116. The second-order valence-electron chi connectivity index (χ2n) is 3.64. The summed E-state index contributed by atoms with van der Waals surface area (Å²) in [5, 5.41) is 2.75. The quantitative estimate of drug-likeness (QED) is 0.442. The lowest BCUT2D eigenvalue weighted by Gasteiger charge is -2.14. The molecule has 1 unspecified atom stereocenters. The summed E-state index contributed by atoms with van der Waals surface area (Å²) in [6, 6.07) is 0. The van der Waals surface area contributed by atoms with Crippen LogP contribution in [-0.4, -0.2) is 44.4 Å². The predicted octanol–water partition coefficient (Wildman–Crippen LogP) is 0.468. The van der Waals surface area contributed by atoms with Crippen LogP contribution in [0.1, 0.15) is 19.8 Å². The second-order valence-corrected chi connectivity index (χ2v) is 4.11. The highest BCUT2D eigenvalue weighted by molar-refractivity contribution is 7.80. The average molecular weight is 262 g/mol. The third kappa shape index (κ3) is 8.06. The van der Waals surface area contributed by atoms with Gasteiger partial charge in [0.2, 0.25) is 5.91 Å². The topological polar surface area (TPSA) is 73.6 Å². The number of ether oxygens (including phenoxy) is 2. The van der Waals surface area contributed by atoms with E-state index in [-0.39, 0.29) is 16.8 Å². The summed E-state index contributed by atoms with van der Waals surface area (Å²) in [7, 11) is 1.61. The van der Waals surface area contributed by atoms with E-state index in [1.165, 1.54) is 0 Å². The van der Waals surface area contributed by atoms with E-state index in [0.29, 0.717) is 32.8 Å². The van der Waals surface area contributed by atoms with Crippen LogP contribution in [-0.2, 0) is 14.3 Å². The molecule has 1 amide bonds. The van der Waals surface area contributed by atoms with E-state index in [2.05, 4.69) is 5.32 Å². The van der Waals surface area contributed by atoms with E-state index in [9.17, 15) is 4.79 Å². The SMILES string of the molecule is CCCC(C(=O)NCCOCCOC)C(N)=S. The monoisotopic (exact) mass is 262 g/mol. The van der Waals surface area contributed by atoms with E-state index >= 15 is 0 Å². The zero-order chi connectivity index (χ0) is 13.1. The van der Waals surface area contributed by atoms with Crippen molar-refractivity contribution in [2.45, 2.75) is 19.8 Å². The van der Waals surface area contributed by atoms with Crippen LogP contribution in [0.4, 0.5) is 0 Å². The summed E-state index contributed by atoms with van der Waals surface area (Å²) < 4.78 is 10.0. The minimum Gasteiger partial charge on any atom is -0.393 e. The first kappa shape index (κ1) is 16.3. The highest BCUT2D eigenvalue weighted by Crippen LogP contribution is 2.06. The van der Waals surface area contributed by atoms with Crippen LogP contribution < -0.4 is 11.1 Å². The Kier molecular flexibility index (Phi) is 9.99. The summed E-state index contributed by atoms with van der Waals surface area (Å²) in [6.45, 7) is 4.00. The fourth-order valence-electron chi connectivity index (χ4n) is 1.31. The molecule has 17 heavy (non-hydrogen) atoms. The van der Waals surface area contributed by atoms with Crippen molar-refractivity contribution in [3.8, 4) is 0 Å². The van der Waals surface area contributed by atoms with Gasteiger partial charge < -0.3 is 20.5 Å². The maximum absolute atomic E-state index is 11.7. The van der Waals surface area contributed by atoms with Gasteiger partial charge in [-0.2, -0.15) is 0 Å². The van der Waals surface area contributed by atoms with Gasteiger partial charge in [-0.05, 0) is 6.42 Å². The summed E-state index contributed by atoms with van der Waals surface area (Å²) in [4.78, 5) is 12.0. The smallest absolute Gasteiger partial charge is 0.230 e. The molecule has 0 aromatic heterocycles. The van der Waals surface area contributed by atoms with Gasteiger partial charge in [0, 0.05) is 13.7 Å². The van der Waals surface area contributed by atoms with Crippen LogP contribution in [0.15, 0.2) is 0 Å². The van der Waals surface area contributed by atoms with Crippen molar-refractivity contribution in [2.75, 3.05) is 33.5 Å². The molecule has 0 aliphatic carbocycles. The number of hydrogen-bond donors (Lipinski definition) is 2. The zero-order valence-electron chi connectivity index (χ0n) is 10.5. The number of carbonyl (C=O) groups is 1. The van der Waals surface area contributed by atoms with Crippen LogP contribution in [0.3, 0.4) is 0 Å². The third-order valence-corrected chi connectivity index (χ3v) is 2.50. The predicted molar refractivity (Wildman–Crippen MR) is 70.9 cm³/mol. The molecule has 0 aromatic carbocycles.